The molecule has 2 saturated carbocycles. The number of nitrogens with zero attached hydrogens (tertiary/aromatic N) is 2. The highest BCUT2D eigenvalue weighted by molar-refractivity contribution is 7.98. The van der Waals surface area contributed by atoms with E-state index in [2.05, 4.69) is 28.5 Å². The molecule has 30 heavy (non-hydrogen) atoms. The zero-order chi connectivity index (χ0) is 21.1. The number of hydrogen-bond acceptors (Lipinski definition) is 6. The van der Waals surface area contributed by atoms with Gasteiger partial charge in [0.05, 0.1) is 11.1 Å². The Morgan fingerprint density at radius 1 is 1.30 bits per heavy atom. The van der Waals surface area contributed by atoms with Crippen LogP contribution in [0.25, 0.3) is 0 Å². The Morgan fingerprint density at radius 3 is 2.63 bits per heavy atom. The van der Waals surface area contributed by atoms with Crippen LogP contribution in [0.3, 0.4) is 0 Å². The lowest BCUT2D eigenvalue weighted by atomic mass is 9.96. The van der Waals surface area contributed by atoms with Gasteiger partial charge in [-0.1, -0.05) is 30.3 Å². The van der Waals surface area contributed by atoms with Crippen LogP contribution in [0.1, 0.15) is 58.8 Å². The van der Waals surface area contributed by atoms with Gasteiger partial charge in [0.2, 0.25) is 0 Å². The summed E-state index contributed by atoms with van der Waals surface area (Å²) in [6.45, 7) is 0.152. The van der Waals surface area contributed by atoms with Gasteiger partial charge in [0.15, 0.2) is 6.61 Å². The third kappa shape index (κ3) is 4.34. The monoisotopic (exact) mass is 421 g/mol. The standard InChI is InChI=1S/C23H23N3O3S/c1-30-21-18(12-24)17(11-19(26-21)15-7-8-15)22(28)29-13-20(27)25-14-23(9-10-23)16-5-3-2-4-6-16/h2-6,11,15H,7-10,13-14H2,1H3,(H,25,27). The molecule has 1 aromatic heterocycles. The van der Waals surface area contributed by atoms with Gasteiger partial charge in [0.1, 0.15) is 11.1 Å². The highest BCUT2D eigenvalue weighted by atomic mass is 32.2. The summed E-state index contributed by atoms with van der Waals surface area (Å²) < 4.78 is 5.24. The van der Waals surface area contributed by atoms with E-state index in [0.717, 1.165) is 31.4 Å². The average molecular weight is 422 g/mol. The molecular weight excluding hydrogens is 398 g/mol. The van der Waals surface area contributed by atoms with Crippen molar-refractivity contribution >= 4 is 23.6 Å². The largest absolute Gasteiger partial charge is 0.452 e. The van der Waals surface area contributed by atoms with Crippen molar-refractivity contribution in [2.75, 3.05) is 19.4 Å². The Bertz CT molecular complexity index is 1010. The maximum absolute atomic E-state index is 12.6. The van der Waals surface area contributed by atoms with Crippen molar-refractivity contribution < 1.29 is 14.3 Å². The lowest BCUT2D eigenvalue weighted by molar-refractivity contribution is -0.124. The summed E-state index contributed by atoms with van der Waals surface area (Å²) in [4.78, 5) is 29.4. The minimum Gasteiger partial charge on any atom is -0.452 e. The predicted octanol–water partition coefficient (Wildman–Crippen LogP) is 3.56. The third-order valence-corrected chi connectivity index (χ3v) is 6.41. The van der Waals surface area contributed by atoms with Crippen LogP contribution in [0, 0.1) is 11.3 Å². The quantitative estimate of drug-likeness (QED) is 0.518. The minimum absolute atomic E-state index is 0.00752. The minimum atomic E-state index is -0.662. The summed E-state index contributed by atoms with van der Waals surface area (Å²) in [5, 5.41) is 12.9. The number of carbonyl (C=O) groups is 2. The molecule has 0 bridgehead atoms. The second kappa shape index (κ2) is 8.49. The molecule has 2 aliphatic rings. The van der Waals surface area contributed by atoms with Crippen LogP contribution in [0.15, 0.2) is 41.4 Å². The number of nitriles is 1. The van der Waals surface area contributed by atoms with Gasteiger partial charge in [-0.25, -0.2) is 9.78 Å². The predicted molar refractivity (Wildman–Crippen MR) is 113 cm³/mol. The first-order valence-corrected chi connectivity index (χ1v) is 11.3. The fourth-order valence-electron chi connectivity index (χ4n) is 3.58. The van der Waals surface area contributed by atoms with E-state index in [-0.39, 0.29) is 29.1 Å². The zero-order valence-corrected chi connectivity index (χ0v) is 17.6. The summed E-state index contributed by atoms with van der Waals surface area (Å²) in [6, 6.07) is 13.8. The molecule has 1 amide bonds. The molecule has 154 valence electrons. The summed E-state index contributed by atoms with van der Waals surface area (Å²) >= 11 is 1.33. The van der Waals surface area contributed by atoms with Gasteiger partial charge in [0, 0.05) is 23.6 Å². The molecule has 1 aromatic carbocycles. The number of nitrogens with one attached hydrogen (secondary N) is 1. The lowest BCUT2D eigenvalue weighted by Gasteiger charge is -2.16. The molecule has 0 spiro atoms. The number of ether oxygens (including phenoxy) is 1. The molecule has 0 aliphatic heterocycles. The van der Waals surface area contributed by atoms with Crippen molar-refractivity contribution in [1.82, 2.24) is 10.3 Å². The van der Waals surface area contributed by atoms with Crippen molar-refractivity contribution in [1.29, 1.82) is 5.26 Å². The average Bonchev–Trinajstić information content (AvgIpc) is 3.70. The molecule has 4 rings (SSSR count). The molecule has 2 aliphatic carbocycles. The van der Waals surface area contributed by atoms with E-state index in [4.69, 9.17) is 4.74 Å². The summed E-state index contributed by atoms with van der Waals surface area (Å²) in [5.41, 5.74) is 2.42. The number of hydrogen-bond donors (Lipinski definition) is 1. The van der Waals surface area contributed by atoms with Crippen LogP contribution in [0.2, 0.25) is 0 Å². The number of amides is 1. The molecule has 0 saturated heterocycles. The van der Waals surface area contributed by atoms with Gasteiger partial charge in [0.25, 0.3) is 5.91 Å². The number of thioether (sulfide) groups is 1. The summed E-state index contributed by atoms with van der Waals surface area (Å²) in [5.74, 6) is -0.665. The fourth-order valence-corrected chi connectivity index (χ4v) is 4.14. The number of aromatic nitrogens is 1. The number of carbonyl (C=O) groups excluding carboxylic acids is 2. The first-order valence-electron chi connectivity index (χ1n) is 10.0. The first kappa shape index (κ1) is 20.4. The van der Waals surface area contributed by atoms with Crippen LogP contribution >= 0.6 is 11.8 Å². The molecule has 2 fully saturated rings. The number of rotatable bonds is 8. The Kier molecular flexibility index (Phi) is 5.78. The zero-order valence-electron chi connectivity index (χ0n) is 16.8. The highest BCUT2D eigenvalue weighted by Gasteiger charge is 2.44. The van der Waals surface area contributed by atoms with Crippen LogP contribution < -0.4 is 5.32 Å². The summed E-state index contributed by atoms with van der Waals surface area (Å²) in [7, 11) is 0. The van der Waals surface area contributed by atoms with E-state index in [1.807, 2.05) is 24.5 Å². The van der Waals surface area contributed by atoms with Gasteiger partial charge in [-0.15, -0.1) is 11.8 Å². The molecule has 0 unspecified atom stereocenters. The molecule has 6 nitrogen and oxygen atoms in total. The molecule has 2 aromatic rings. The Balaban J connectivity index is 1.37. The molecule has 1 heterocycles. The van der Waals surface area contributed by atoms with Gasteiger partial charge < -0.3 is 10.1 Å². The Morgan fingerprint density at radius 2 is 2.03 bits per heavy atom. The maximum Gasteiger partial charge on any atom is 0.340 e. The van der Waals surface area contributed by atoms with Crippen LogP contribution in [-0.4, -0.2) is 36.3 Å². The summed E-state index contributed by atoms with van der Waals surface area (Å²) in [6.07, 6.45) is 5.95. The van der Waals surface area contributed by atoms with Gasteiger partial charge >= 0.3 is 5.97 Å². The number of esters is 1. The smallest absolute Gasteiger partial charge is 0.340 e. The van der Waals surface area contributed by atoms with Crippen molar-refractivity contribution in [3.63, 3.8) is 0 Å². The van der Waals surface area contributed by atoms with E-state index < -0.39 is 5.97 Å². The maximum atomic E-state index is 12.6. The van der Waals surface area contributed by atoms with Crippen LogP contribution in [0.5, 0.6) is 0 Å². The van der Waals surface area contributed by atoms with Gasteiger partial charge in [-0.2, -0.15) is 5.26 Å². The topological polar surface area (TPSA) is 92.1 Å². The molecule has 7 heteroatoms. The molecule has 0 radical (unpaired) electrons. The van der Waals surface area contributed by atoms with Crippen molar-refractivity contribution in [3.05, 3.63) is 58.8 Å². The Hall–Kier alpha value is -2.85. The SMILES string of the molecule is CSc1nc(C2CC2)cc(C(=O)OCC(=O)NCC2(c3ccccc3)CC2)c1C#N. The van der Waals surface area contributed by atoms with E-state index >= 15 is 0 Å². The molecule has 1 N–H and O–H groups in total. The van der Waals surface area contributed by atoms with Crippen molar-refractivity contribution in [2.45, 2.75) is 42.0 Å². The van der Waals surface area contributed by atoms with E-state index in [1.54, 1.807) is 6.07 Å². The van der Waals surface area contributed by atoms with E-state index in [1.165, 1.54) is 17.3 Å². The van der Waals surface area contributed by atoms with Gasteiger partial charge in [-0.05, 0) is 43.6 Å². The molecule has 0 atom stereocenters. The van der Waals surface area contributed by atoms with Crippen LogP contribution in [-0.2, 0) is 14.9 Å². The second-order valence-electron chi connectivity index (χ2n) is 7.86. The molecular formula is C23H23N3O3S. The third-order valence-electron chi connectivity index (χ3n) is 5.72. The fraction of sp³-hybridized carbons (Fsp3) is 0.391. The number of pyridine rings is 1. The number of benzene rings is 1. The normalized spacial score (nSPS) is 16.4. The first-order chi connectivity index (χ1) is 14.6. The van der Waals surface area contributed by atoms with Gasteiger partial charge in [-0.3, -0.25) is 4.79 Å². The Labute approximate surface area is 180 Å². The van der Waals surface area contributed by atoms with E-state index in [9.17, 15) is 14.9 Å². The van der Waals surface area contributed by atoms with Crippen molar-refractivity contribution in [2.24, 2.45) is 0 Å². The highest BCUT2D eigenvalue weighted by Crippen LogP contribution is 2.47. The lowest BCUT2D eigenvalue weighted by Crippen LogP contribution is -2.35. The van der Waals surface area contributed by atoms with E-state index in [0.29, 0.717) is 17.5 Å². The van der Waals surface area contributed by atoms with Crippen molar-refractivity contribution in [3.8, 4) is 6.07 Å². The van der Waals surface area contributed by atoms with Crippen LogP contribution in [0.4, 0.5) is 0 Å². The second-order valence-corrected chi connectivity index (χ2v) is 8.66.